The van der Waals surface area contributed by atoms with Crippen LogP contribution in [0.3, 0.4) is 0 Å². The first-order valence-electron chi connectivity index (χ1n) is 23.5. The van der Waals surface area contributed by atoms with E-state index in [1.54, 1.807) is 18.2 Å². The molecule has 0 aliphatic rings. The molecule has 0 N–H and O–H groups in total. The van der Waals surface area contributed by atoms with Crippen molar-refractivity contribution < 1.29 is 43.5 Å². The number of para-hydroxylation sites is 1. The molecular weight excluding hydrogens is 1130 g/mol. The number of alkyl halides is 3. The van der Waals surface area contributed by atoms with Gasteiger partial charge in [-0.25, -0.2) is 4.39 Å². The van der Waals surface area contributed by atoms with Gasteiger partial charge >= 0.3 is 127 Å². The van der Waals surface area contributed by atoms with E-state index in [9.17, 15) is 13.2 Å². The molecule has 0 spiro atoms. The smallest absolute Gasteiger partial charge is 0 e. The number of hydrogen-bond acceptors (Lipinski definition) is 3. The number of pyridine rings is 1. The molecule has 71 heavy (non-hydrogen) atoms. The molecule has 3 aromatic heterocycles. The predicted octanol–water partition coefficient (Wildman–Crippen LogP) is 16.8. The molecule has 0 unspecified atom stereocenters. The molecule has 3 heterocycles. The Morgan fingerprint density at radius 3 is 2.00 bits per heavy atom. The average molecular weight is 1180 g/mol. The molecule has 0 amide bonds. The van der Waals surface area contributed by atoms with Crippen LogP contribution in [0.25, 0.3) is 94.7 Å². The molecular formula is C61H47F4GeIrN3O-2. The summed E-state index contributed by atoms with van der Waals surface area (Å²) in [6, 6.07) is 61.8. The van der Waals surface area contributed by atoms with Gasteiger partial charge in [-0.05, 0) is 70.3 Å². The predicted molar refractivity (Wildman–Crippen MR) is 279 cm³/mol. The van der Waals surface area contributed by atoms with Crippen LogP contribution in [0.4, 0.5) is 17.6 Å². The largest absolute Gasteiger partial charge is 0 e. The number of fused-ring (bicyclic) bond motifs is 4. The number of benzene rings is 8. The summed E-state index contributed by atoms with van der Waals surface area (Å²) in [6.45, 7) is 3.91. The van der Waals surface area contributed by atoms with E-state index in [1.807, 2.05) is 134 Å². The average Bonchev–Trinajstić information content (AvgIpc) is 3.96. The van der Waals surface area contributed by atoms with Crippen molar-refractivity contribution in [3.8, 4) is 61.7 Å². The first-order chi connectivity index (χ1) is 34.0. The molecule has 0 atom stereocenters. The van der Waals surface area contributed by atoms with Gasteiger partial charge in [0.2, 0.25) is 0 Å². The molecule has 0 aliphatic carbocycles. The summed E-state index contributed by atoms with van der Waals surface area (Å²) < 4.78 is 73.8. The van der Waals surface area contributed by atoms with Crippen molar-refractivity contribution in [1.82, 2.24) is 14.5 Å². The Kier molecular flexibility index (Phi) is 13.5. The molecule has 10 heteroatoms. The van der Waals surface area contributed by atoms with E-state index in [4.69, 9.17) is 10.8 Å². The second kappa shape index (κ2) is 20.1. The van der Waals surface area contributed by atoms with E-state index in [1.165, 1.54) is 22.6 Å². The van der Waals surface area contributed by atoms with Crippen molar-refractivity contribution in [3.05, 3.63) is 217 Å². The third kappa shape index (κ3) is 9.92. The monoisotopic (exact) mass is 1180 g/mol. The number of furan rings is 1. The standard InChI is InChI=1S/C44H25F4N2O.C17H22GeN.Ir/c45-37-15-8-16-38-41(37)50(39-26-31(27-9-3-1-4-10-27)19-23-33(39)29-11-5-2-6-12-29)43(49-38)35-14-7-13-34-36-25-30(20-24-40(36)51-42(34)35)28-17-21-32(22-18-28)44(46,47)48;1-13(2)15-11-17(14-9-7-6-8-10-14)19-12-16(15)18(3,4)5;/h1-13,15-26H;6-9,11-13H,1-5H3;/q2*-1;/i;13D;. The molecule has 11 aromatic rings. The molecule has 4 nitrogen and oxygen atoms in total. The summed E-state index contributed by atoms with van der Waals surface area (Å²) in [5, 5.41) is 1.55. The van der Waals surface area contributed by atoms with Crippen LogP contribution in [0, 0.1) is 17.9 Å². The number of aromatic nitrogens is 3. The Bertz CT molecular complexity index is 3720. The van der Waals surface area contributed by atoms with Crippen molar-refractivity contribution in [2.24, 2.45) is 0 Å². The molecule has 0 aliphatic heterocycles. The molecule has 11 rings (SSSR count). The van der Waals surface area contributed by atoms with Gasteiger partial charge in [-0.3, -0.25) is 4.98 Å². The van der Waals surface area contributed by atoms with Crippen molar-refractivity contribution in [1.29, 1.82) is 0 Å². The van der Waals surface area contributed by atoms with Gasteiger partial charge < -0.3 is 8.98 Å². The summed E-state index contributed by atoms with van der Waals surface area (Å²) in [6.07, 6.45) is -2.41. The summed E-state index contributed by atoms with van der Waals surface area (Å²) >= 11 is -2.03. The van der Waals surface area contributed by atoms with Gasteiger partial charge in [0.05, 0.1) is 28.0 Å². The number of rotatable bonds is 8. The first-order valence-corrected chi connectivity index (χ1v) is 30.3. The molecule has 0 fully saturated rings. The fraction of sp³-hybridized carbons (Fsp3) is 0.115. The molecule has 0 saturated carbocycles. The van der Waals surface area contributed by atoms with Gasteiger partial charge in [0.25, 0.3) is 0 Å². The molecule has 0 bridgehead atoms. The normalized spacial score (nSPS) is 12.1. The quantitative estimate of drug-likeness (QED) is 0.0865. The molecule has 0 saturated heterocycles. The van der Waals surface area contributed by atoms with Crippen LogP contribution in [0.5, 0.6) is 0 Å². The van der Waals surface area contributed by atoms with Crippen LogP contribution >= 0.6 is 0 Å². The van der Waals surface area contributed by atoms with Crippen molar-refractivity contribution in [2.75, 3.05) is 0 Å². The van der Waals surface area contributed by atoms with Gasteiger partial charge in [-0.2, -0.15) is 13.2 Å². The molecule has 355 valence electrons. The Hall–Kier alpha value is -6.91. The van der Waals surface area contributed by atoms with Crippen molar-refractivity contribution in [2.45, 2.75) is 43.2 Å². The van der Waals surface area contributed by atoms with Gasteiger partial charge in [-0.1, -0.05) is 108 Å². The number of nitrogens with zero attached hydrogens (tertiary/aromatic N) is 3. The Morgan fingerprint density at radius 1 is 0.662 bits per heavy atom. The van der Waals surface area contributed by atoms with Crippen LogP contribution in [-0.2, 0) is 26.3 Å². The Labute approximate surface area is 428 Å². The molecule has 8 aromatic carbocycles. The van der Waals surface area contributed by atoms with Crippen LogP contribution in [0.2, 0.25) is 17.3 Å². The van der Waals surface area contributed by atoms with Crippen LogP contribution in [-0.4, -0.2) is 27.8 Å². The van der Waals surface area contributed by atoms with E-state index in [0.717, 1.165) is 73.2 Å². The SMILES string of the molecule is Fc1cccc2nc(-c3[c-]ccc4c3oc3ccc(-c5ccc(C(F)(F)F)cc5)cc34)n(-c3cc(-c4ccccc4)ccc3-c3ccccc3)c12.[2H]C(C)(C)c1cc(-c2[c-]cccc2)nc[c]1[Ge]([CH3])([CH3])[CH3].[Ir]. The summed E-state index contributed by atoms with van der Waals surface area (Å²) in [7, 11) is 0. The van der Waals surface area contributed by atoms with E-state index in [-0.39, 0.29) is 20.1 Å². The topological polar surface area (TPSA) is 43.9 Å². The number of hydrogen-bond donors (Lipinski definition) is 0. The minimum atomic E-state index is -4.42. The van der Waals surface area contributed by atoms with E-state index in [2.05, 4.69) is 58.7 Å². The summed E-state index contributed by atoms with van der Waals surface area (Å²) in [5.74, 6) is 6.47. The number of imidazole rings is 1. The Balaban J connectivity index is 0.000000257. The van der Waals surface area contributed by atoms with Gasteiger partial charge in [0, 0.05) is 36.7 Å². The third-order valence-electron chi connectivity index (χ3n) is 12.5. The Morgan fingerprint density at radius 2 is 1.32 bits per heavy atom. The zero-order valence-electron chi connectivity index (χ0n) is 40.5. The number of halogens is 4. The maximum absolute atomic E-state index is 16.0. The van der Waals surface area contributed by atoms with E-state index < -0.39 is 36.7 Å². The molecule has 1 radical (unpaired) electrons. The third-order valence-corrected chi connectivity index (χ3v) is 16.7. The van der Waals surface area contributed by atoms with Crippen LogP contribution < -0.4 is 4.40 Å². The summed E-state index contributed by atoms with van der Waals surface area (Å²) in [5.41, 5.74) is 10.7. The first kappa shape index (κ1) is 47.8. The summed E-state index contributed by atoms with van der Waals surface area (Å²) in [4.78, 5) is 9.63. The minimum absolute atomic E-state index is 0. The van der Waals surface area contributed by atoms with Crippen LogP contribution in [0.15, 0.2) is 193 Å². The fourth-order valence-corrected chi connectivity index (χ4v) is 12.3. The van der Waals surface area contributed by atoms with E-state index in [0.29, 0.717) is 39.2 Å². The fourth-order valence-electron chi connectivity index (χ4n) is 8.98. The minimum Gasteiger partial charge on any atom is 0 e. The van der Waals surface area contributed by atoms with Gasteiger partial charge in [-0.15, -0.1) is 18.2 Å². The maximum atomic E-state index is 16.0. The van der Waals surface area contributed by atoms with E-state index >= 15 is 4.39 Å². The second-order valence-corrected chi connectivity index (χ2v) is 29.0. The van der Waals surface area contributed by atoms with Crippen LogP contribution in [0.1, 0.15) is 32.2 Å². The van der Waals surface area contributed by atoms with Gasteiger partial charge in [0.1, 0.15) is 11.4 Å². The zero-order valence-corrected chi connectivity index (χ0v) is 44.0. The zero-order chi connectivity index (χ0) is 49.7. The van der Waals surface area contributed by atoms with Crippen molar-refractivity contribution >= 4 is 50.6 Å². The second-order valence-electron chi connectivity index (χ2n) is 18.5. The van der Waals surface area contributed by atoms with Gasteiger partial charge in [0.15, 0.2) is 0 Å². The van der Waals surface area contributed by atoms with Crippen molar-refractivity contribution in [3.63, 3.8) is 0 Å². The maximum Gasteiger partial charge on any atom is 0 e.